The predicted molar refractivity (Wildman–Crippen MR) is 108 cm³/mol. The van der Waals surface area contributed by atoms with Crippen molar-refractivity contribution >= 4 is 39.8 Å². The van der Waals surface area contributed by atoms with Crippen LogP contribution in [0.25, 0.3) is 16.9 Å². The maximum atomic E-state index is 12.5. The number of hydrogen-bond donors (Lipinski definition) is 1. The minimum absolute atomic E-state index is 0.114. The molecule has 2 heterocycles. The standard InChI is InChI=1S/C20H14IN3O/c21-17-9-2-1-8-16(17)20(25)22-15-7-5-6-14(12-15)18-13-24-11-4-3-10-19(24)23-18/h1-13H,(H,22,25). The van der Waals surface area contributed by atoms with Gasteiger partial charge in [-0.05, 0) is 59.0 Å². The molecule has 122 valence electrons. The zero-order valence-electron chi connectivity index (χ0n) is 13.2. The van der Waals surface area contributed by atoms with Crippen molar-refractivity contribution in [3.05, 3.63) is 88.3 Å². The van der Waals surface area contributed by atoms with Gasteiger partial charge in [0.2, 0.25) is 0 Å². The van der Waals surface area contributed by atoms with Crippen LogP contribution in [-0.2, 0) is 0 Å². The number of imidazole rings is 1. The lowest BCUT2D eigenvalue weighted by Gasteiger charge is -2.08. The molecule has 0 aliphatic rings. The van der Waals surface area contributed by atoms with Crippen LogP contribution in [0.4, 0.5) is 5.69 Å². The van der Waals surface area contributed by atoms with Gasteiger partial charge in [-0.15, -0.1) is 0 Å². The lowest BCUT2D eigenvalue weighted by atomic mass is 10.1. The van der Waals surface area contributed by atoms with E-state index in [1.54, 1.807) is 0 Å². The molecular formula is C20H14IN3O. The number of halogens is 1. The van der Waals surface area contributed by atoms with Crippen LogP contribution in [-0.4, -0.2) is 15.3 Å². The smallest absolute Gasteiger partial charge is 0.256 e. The first-order valence-electron chi connectivity index (χ1n) is 7.81. The third-order valence-corrected chi connectivity index (χ3v) is 4.84. The van der Waals surface area contributed by atoms with E-state index in [2.05, 4.69) is 32.9 Å². The van der Waals surface area contributed by atoms with E-state index in [0.717, 1.165) is 26.2 Å². The van der Waals surface area contributed by atoms with Gasteiger partial charge in [0.15, 0.2) is 0 Å². The molecular weight excluding hydrogens is 425 g/mol. The summed E-state index contributed by atoms with van der Waals surface area (Å²) in [6.07, 6.45) is 3.95. The van der Waals surface area contributed by atoms with Crippen molar-refractivity contribution in [1.29, 1.82) is 0 Å². The molecule has 5 heteroatoms. The number of carbonyl (C=O) groups excluding carboxylic acids is 1. The quantitative estimate of drug-likeness (QED) is 0.464. The van der Waals surface area contributed by atoms with Crippen molar-refractivity contribution in [3.63, 3.8) is 0 Å². The maximum Gasteiger partial charge on any atom is 0.256 e. The molecule has 4 nitrogen and oxygen atoms in total. The highest BCUT2D eigenvalue weighted by Gasteiger charge is 2.10. The topological polar surface area (TPSA) is 46.4 Å². The molecule has 2 aromatic heterocycles. The van der Waals surface area contributed by atoms with E-state index in [1.165, 1.54) is 0 Å². The number of nitrogens with one attached hydrogen (secondary N) is 1. The van der Waals surface area contributed by atoms with Crippen LogP contribution in [0.1, 0.15) is 10.4 Å². The Bertz CT molecular complexity index is 1040. The average Bonchev–Trinajstić information content (AvgIpc) is 3.06. The Morgan fingerprint density at radius 1 is 1.00 bits per heavy atom. The molecule has 0 bridgehead atoms. The number of hydrogen-bond acceptors (Lipinski definition) is 2. The summed E-state index contributed by atoms with van der Waals surface area (Å²) < 4.78 is 2.90. The maximum absolute atomic E-state index is 12.5. The first-order chi connectivity index (χ1) is 12.2. The Hall–Kier alpha value is -2.67. The van der Waals surface area contributed by atoms with Gasteiger partial charge in [-0.1, -0.05) is 30.3 Å². The number of nitrogens with zero attached hydrogens (tertiary/aromatic N) is 2. The van der Waals surface area contributed by atoms with Crippen molar-refractivity contribution in [1.82, 2.24) is 9.38 Å². The molecule has 0 radical (unpaired) electrons. The molecule has 0 saturated heterocycles. The molecule has 4 rings (SSSR count). The van der Waals surface area contributed by atoms with Gasteiger partial charge in [-0.3, -0.25) is 4.79 Å². The molecule has 2 aromatic carbocycles. The Kier molecular flexibility index (Phi) is 4.23. The Morgan fingerprint density at radius 3 is 2.68 bits per heavy atom. The van der Waals surface area contributed by atoms with Gasteiger partial charge in [-0.25, -0.2) is 4.98 Å². The summed E-state index contributed by atoms with van der Waals surface area (Å²) in [6.45, 7) is 0. The Labute approximate surface area is 158 Å². The Morgan fingerprint density at radius 2 is 1.84 bits per heavy atom. The summed E-state index contributed by atoms with van der Waals surface area (Å²) in [5, 5.41) is 2.96. The monoisotopic (exact) mass is 439 g/mol. The molecule has 0 saturated carbocycles. The minimum atomic E-state index is -0.114. The highest BCUT2D eigenvalue weighted by molar-refractivity contribution is 14.1. The second-order valence-electron chi connectivity index (χ2n) is 5.61. The van der Waals surface area contributed by atoms with Crippen LogP contribution in [0.2, 0.25) is 0 Å². The summed E-state index contributed by atoms with van der Waals surface area (Å²) in [4.78, 5) is 17.1. The summed E-state index contributed by atoms with van der Waals surface area (Å²) >= 11 is 2.17. The SMILES string of the molecule is O=C(Nc1cccc(-c2cn3ccccc3n2)c1)c1ccccc1I. The molecule has 0 unspecified atom stereocenters. The molecule has 1 amide bonds. The molecule has 0 aliphatic heterocycles. The molecule has 0 atom stereocenters. The third-order valence-electron chi connectivity index (χ3n) is 3.90. The minimum Gasteiger partial charge on any atom is -0.322 e. The lowest BCUT2D eigenvalue weighted by molar-refractivity contribution is 0.102. The number of aromatic nitrogens is 2. The molecule has 1 N–H and O–H groups in total. The van der Waals surface area contributed by atoms with E-state index < -0.39 is 0 Å². The first-order valence-corrected chi connectivity index (χ1v) is 8.89. The molecule has 0 aliphatic carbocycles. The van der Waals surface area contributed by atoms with Crippen molar-refractivity contribution in [2.24, 2.45) is 0 Å². The zero-order chi connectivity index (χ0) is 17.2. The van der Waals surface area contributed by atoms with Crippen molar-refractivity contribution < 1.29 is 4.79 Å². The summed E-state index contributed by atoms with van der Waals surface area (Å²) in [5.41, 5.74) is 4.15. The number of anilines is 1. The van der Waals surface area contributed by atoms with Crippen LogP contribution in [0.5, 0.6) is 0 Å². The van der Waals surface area contributed by atoms with E-state index in [4.69, 9.17) is 0 Å². The molecule has 25 heavy (non-hydrogen) atoms. The zero-order valence-corrected chi connectivity index (χ0v) is 15.3. The number of pyridine rings is 1. The van der Waals surface area contributed by atoms with E-state index in [0.29, 0.717) is 5.56 Å². The van der Waals surface area contributed by atoms with Crippen LogP contribution in [0.3, 0.4) is 0 Å². The molecule has 4 aromatic rings. The van der Waals surface area contributed by atoms with Gasteiger partial charge >= 0.3 is 0 Å². The van der Waals surface area contributed by atoms with Gasteiger partial charge < -0.3 is 9.72 Å². The fourth-order valence-electron chi connectivity index (χ4n) is 2.67. The average molecular weight is 439 g/mol. The van der Waals surface area contributed by atoms with Gasteiger partial charge in [0, 0.05) is 27.2 Å². The first kappa shape index (κ1) is 15.8. The fourth-order valence-corrected chi connectivity index (χ4v) is 3.31. The lowest BCUT2D eigenvalue weighted by Crippen LogP contribution is -2.13. The number of amides is 1. The van der Waals surface area contributed by atoms with Crippen LogP contribution >= 0.6 is 22.6 Å². The summed E-state index contributed by atoms with van der Waals surface area (Å²) in [6, 6.07) is 21.2. The van der Waals surface area contributed by atoms with Gasteiger partial charge in [0.25, 0.3) is 5.91 Å². The predicted octanol–water partition coefficient (Wildman–Crippen LogP) is 4.86. The third kappa shape index (κ3) is 3.28. The number of fused-ring (bicyclic) bond motifs is 1. The van der Waals surface area contributed by atoms with E-state index in [-0.39, 0.29) is 5.91 Å². The van der Waals surface area contributed by atoms with Crippen molar-refractivity contribution in [3.8, 4) is 11.3 Å². The van der Waals surface area contributed by atoms with Crippen molar-refractivity contribution in [2.75, 3.05) is 5.32 Å². The fraction of sp³-hybridized carbons (Fsp3) is 0. The van der Waals surface area contributed by atoms with Gasteiger partial charge in [0.05, 0.1) is 11.3 Å². The highest BCUT2D eigenvalue weighted by Crippen LogP contribution is 2.23. The van der Waals surface area contributed by atoms with Gasteiger partial charge in [0.1, 0.15) is 5.65 Å². The van der Waals surface area contributed by atoms with Crippen LogP contribution < -0.4 is 5.32 Å². The second-order valence-corrected chi connectivity index (χ2v) is 6.77. The highest BCUT2D eigenvalue weighted by atomic mass is 127. The van der Waals surface area contributed by atoms with Crippen molar-refractivity contribution in [2.45, 2.75) is 0 Å². The Balaban J connectivity index is 1.63. The second kappa shape index (κ2) is 6.68. The molecule has 0 fully saturated rings. The number of carbonyl (C=O) groups is 1. The van der Waals surface area contributed by atoms with Crippen LogP contribution in [0, 0.1) is 3.57 Å². The molecule has 0 spiro atoms. The van der Waals surface area contributed by atoms with Crippen LogP contribution in [0.15, 0.2) is 79.1 Å². The van der Waals surface area contributed by atoms with Gasteiger partial charge in [-0.2, -0.15) is 0 Å². The van der Waals surface area contributed by atoms with E-state index >= 15 is 0 Å². The number of benzene rings is 2. The van der Waals surface area contributed by atoms with E-state index in [9.17, 15) is 4.79 Å². The normalized spacial score (nSPS) is 10.8. The largest absolute Gasteiger partial charge is 0.322 e. The summed E-state index contributed by atoms with van der Waals surface area (Å²) in [7, 11) is 0. The summed E-state index contributed by atoms with van der Waals surface area (Å²) in [5.74, 6) is -0.114. The van der Waals surface area contributed by atoms with E-state index in [1.807, 2.05) is 83.5 Å². The number of rotatable bonds is 3.